The van der Waals surface area contributed by atoms with E-state index < -0.39 is 31.7 Å². The van der Waals surface area contributed by atoms with Crippen LogP contribution in [0.25, 0.3) is 11.1 Å². The van der Waals surface area contributed by atoms with Crippen LogP contribution in [0.2, 0.25) is 0 Å². The predicted molar refractivity (Wildman–Crippen MR) is 101 cm³/mol. The molecule has 0 amide bonds. The molecule has 0 aliphatic heterocycles. The molecule has 0 unspecified atom stereocenters. The molecule has 0 bridgehead atoms. The van der Waals surface area contributed by atoms with Crippen molar-refractivity contribution in [1.82, 2.24) is 0 Å². The topological polar surface area (TPSA) is 155 Å². The summed E-state index contributed by atoms with van der Waals surface area (Å²) in [5, 5.41) is 19.9. The molecule has 0 aliphatic rings. The van der Waals surface area contributed by atoms with Crippen LogP contribution >= 0.6 is 0 Å². The average Bonchev–Trinajstić information content (AvgIpc) is 2.56. The summed E-state index contributed by atoms with van der Waals surface area (Å²) in [5.74, 6) is -1.09. The largest absolute Gasteiger partial charge is 1.00 e. The molecule has 0 atom stereocenters. The first-order valence-corrected chi connectivity index (χ1v) is 11.6. The van der Waals surface area contributed by atoms with Gasteiger partial charge in [0.1, 0.15) is 11.5 Å². The molecular formula is C18H20Li2O8S2. The first-order chi connectivity index (χ1) is 12.9. The number of hydrogen-bond acceptors (Lipinski definition) is 8. The zero-order valence-corrected chi connectivity index (χ0v) is 18.5. The minimum Gasteiger partial charge on any atom is -0.748 e. The van der Waals surface area contributed by atoms with Gasteiger partial charge in [-0.15, -0.1) is 0 Å². The minimum absolute atomic E-state index is 0. The molecule has 2 aromatic carbocycles. The summed E-state index contributed by atoms with van der Waals surface area (Å²) in [7, 11) is -8.65. The molecule has 0 aromatic heterocycles. The molecule has 2 rings (SSSR count). The molecule has 0 heterocycles. The van der Waals surface area contributed by atoms with Crippen LogP contribution in [-0.2, 0) is 33.1 Å². The number of rotatable bonds is 9. The molecule has 0 saturated heterocycles. The van der Waals surface area contributed by atoms with Crippen molar-refractivity contribution >= 4 is 20.2 Å². The third-order valence-electron chi connectivity index (χ3n) is 4.17. The number of aromatic hydroxyl groups is 2. The number of aryl methyl sites for hydroxylation is 2. The van der Waals surface area contributed by atoms with Crippen LogP contribution < -0.4 is 37.7 Å². The second-order valence-corrected chi connectivity index (χ2v) is 9.46. The molecule has 2 N–H and O–H groups in total. The Hall–Kier alpha value is -0.945. The van der Waals surface area contributed by atoms with E-state index in [4.69, 9.17) is 0 Å². The molecule has 0 saturated carbocycles. The van der Waals surface area contributed by atoms with E-state index >= 15 is 0 Å². The zero-order valence-electron chi connectivity index (χ0n) is 16.9. The van der Waals surface area contributed by atoms with E-state index in [0.717, 1.165) is 0 Å². The standard InChI is InChI=1S/C18H22O8S2.2Li/c19-17-7-5-13(11-15(17)3-1-9-27(21,22)23)14-6-8-18(20)16(12-14)4-2-10-28(24,25)26;;/h5-8,11-12,19-20H,1-4,9-10H2,(H,21,22,23)(H,24,25,26);;/q;2*+1/p-2. The van der Waals surface area contributed by atoms with Crippen molar-refractivity contribution in [3.05, 3.63) is 47.5 Å². The van der Waals surface area contributed by atoms with Gasteiger partial charge in [-0.2, -0.15) is 0 Å². The fourth-order valence-corrected chi connectivity index (χ4v) is 3.81. The van der Waals surface area contributed by atoms with Crippen molar-refractivity contribution in [2.24, 2.45) is 0 Å². The number of phenolic OH excluding ortho intramolecular Hbond substituents is 2. The molecule has 0 radical (unpaired) electrons. The van der Waals surface area contributed by atoms with E-state index in [2.05, 4.69) is 0 Å². The molecule has 154 valence electrons. The van der Waals surface area contributed by atoms with Crippen molar-refractivity contribution in [3.8, 4) is 22.6 Å². The number of phenols is 2. The maximum absolute atomic E-state index is 10.7. The third kappa shape index (κ3) is 9.91. The van der Waals surface area contributed by atoms with Gasteiger partial charge in [-0.05, 0) is 72.2 Å². The van der Waals surface area contributed by atoms with Gasteiger partial charge in [0.15, 0.2) is 0 Å². The van der Waals surface area contributed by atoms with Gasteiger partial charge in [0.25, 0.3) is 0 Å². The van der Waals surface area contributed by atoms with Crippen molar-refractivity contribution in [1.29, 1.82) is 0 Å². The Morgan fingerprint density at radius 3 is 1.30 bits per heavy atom. The molecule has 30 heavy (non-hydrogen) atoms. The van der Waals surface area contributed by atoms with Crippen LogP contribution in [0, 0.1) is 0 Å². The van der Waals surface area contributed by atoms with Crippen LogP contribution in [0.5, 0.6) is 11.5 Å². The van der Waals surface area contributed by atoms with Gasteiger partial charge in [-0.1, -0.05) is 12.1 Å². The van der Waals surface area contributed by atoms with Gasteiger partial charge in [0.05, 0.1) is 20.2 Å². The Kier molecular flexibility index (Phi) is 11.8. The fraction of sp³-hybridized carbons (Fsp3) is 0.333. The Bertz CT molecular complexity index is 968. The van der Waals surface area contributed by atoms with E-state index in [0.29, 0.717) is 22.3 Å². The Labute approximate surface area is 200 Å². The van der Waals surface area contributed by atoms with Crippen LogP contribution in [-0.4, -0.2) is 47.7 Å². The molecule has 0 spiro atoms. The zero-order chi connectivity index (χ0) is 20.9. The van der Waals surface area contributed by atoms with Crippen molar-refractivity contribution < 1.29 is 73.9 Å². The molecule has 8 nitrogen and oxygen atoms in total. The van der Waals surface area contributed by atoms with Gasteiger partial charge >= 0.3 is 37.7 Å². The second-order valence-electron chi connectivity index (χ2n) is 6.42. The molecule has 2 aromatic rings. The smallest absolute Gasteiger partial charge is 0.748 e. The van der Waals surface area contributed by atoms with Crippen LogP contribution in [0.1, 0.15) is 24.0 Å². The summed E-state index contributed by atoms with van der Waals surface area (Å²) >= 11 is 0. The van der Waals surface area contributed by atoms with E-state index in [1.54, 1.807) is 24.3 Å². The van der Waals surface area contributed by atoms with Gasteiger partial charge in [-0.3, -0.25) is 0 Å². The van der Waals surface area contributed by atoms with Crippen molar-refractivity contribution in [2.45, 2.75) is 25.7 Å². The summed E-state index contributed by atoms with van der Waals surface area (Å²) in [6, 6.07) is 9.50. The Morgan fingerprint density at radius 1 is 0.667 bits per heavy atom. The van der Waals surface area contributed by atoms with E-state index in [1.165, 1.54) is 12.1 Å². The third-order valence-corrected chi connectivity index (χ3v) is 5.75. The summed E-state index contributed by atoms with van der Waals surface area (Å²) in [6.07, 6.45) is 0.557. The second kappa shape index (κ2) is 12.2. The minimum atomic E-state index is -4.32. The normalized spacial score (nSPS) is 11.4. The number of hydrogen-bond donors (Lipinski definition) is 2. The molecule has 0 aliphatic carbocycles. The van der Waals surface area contributed by atoms with Crippen molar-refractivity contribution in [3.63, 3.8) is 0 Å². The SMILES string of the molecule is O=S(=O)([O-])CCCc1cc(-c2ccc(O)c(CCCS(=O)(=O)[O-])c2)ccc1O.[Li+].[Li+]. The number of benzene rings is 2. The average molecular weight is 442 g/mol. The van der Waals surface area contributed by atoms with Crippen LogP contribution in [0.4, 0.5) is 0 Å². The van der Waals surface area contributed by atoms with Gasteiger partial charge in [0, 0.05) is 11.5 Å². The summed E-state index contributed by atoms with van der Waals surface area (Å²) in [4.78, 5) is 0. The quantitative estimate of drug-likeness (QED) is 0.292. The first-order valence-electron chi connectivity index (χ1n) is 8.46. The molecular weight excluding hydrogens is 422 g/mol. The predicted octanol–water partition coefficient (Wildman–Crippen LogP) is -4.27. The van der Waals surface area contributed by atoms with Crippen molar-refractivity contribution in [2.75, 3.05) is 11.5 Å². The maximum atomic E-state index is 10.7. The Morgan fingerprint density at radius 2 is 1.00 bits per heavy atom. The summed E-state index contributed by atoms with van der Waals surface area (Å²) in [5.41, 5.74) is 2.34. The summed E-state index contributed by atoms with van der Waals surface area (Å²) in [6.45, 7) is 0. The monoisotopic (exact) mass is 442 g/mol. The first kappa shape index (κ1) is 29.1. The van der Waals surface area contributed by atoms with Gasteiger partial charge < -0.3 is 19.3 Å². The van der Waals surface area contributed by atoms with Gasteiger partial charge in [-0.25, -0.2) is 16.8 Å². The maximum Gasteiger partial charge on any atom is 1.00 e. The summed E-state index contributed by atoms with van der Waals surface area (Å²) < 4.78 is 64.3. The van der Waals surface area contributed by atoms with E-state index in [9.17, 15) is 36.2 Å². The van der Waals surface area contributed by atoms with Gasteiger partial charge in [0.2, 0.25) is 0 Å². The van der Waals surface area contributed by atoms with Crippen LogP contribution in [0.3, 0.4) is 0 Å². The van der Waals surface area contributed by atoms with E-state index in [-0.39, 0.29) is 74.9 Å². The van der Waals surface area contributed by atoms with Crippen LogP contribution in [0.15, 0.2) is 36.4 Å². The Balaban J connectivity index is 0.00000420. The van der Waals surface area contributed by atoms with E-state index in [1.807, 2.05) is 0 Å². The fourth-order valence-electron chi connectivity index (χ4n) is 2.81. The molecule has 12 heteroatoms. The molecule has 0 fully saturated rings.